The zero-order valence-electron chi connectivity index (χ0n) is 54.9. The summed E-state index contributed by atoms with van der Waals surface area (Å²) in [6, 6.07) is 0. The van der Waals surface area contributed by atoms with Gasteiger partial charge in [0.05, 0.1) is 0 Å². The molecule has 0 aromatic carbocycles. The van der Waals surface area contributed by atoms with Crippen molar-refractivity contribution in [3.05, 3.63) is 97.2 Å². The maximum Gasteiger partial charge on any atom is 0.306 e. The Labute approximate surface area is 515 Å². The molecule has 0 aliphatic heterocycles. The van der Waals surface area contributed by atoms with Gasteiger partial charge in [-0.05, 0) is 122 Å². The summed E-state index contributed by atoms with van der Waals surface area (Å²) in [5.74, 6) is -0.892. The summed E-state index contributed by atoms with van der Waals surface area (Å²) in [6.45, 7) is 6.52. The van der Waals surface area contributed by atoms with Crippen molar-refractivity contribution in [2.24, 2.45) is 0 Å². The Balaban J connectivity index is 4.20. The summed E-state index contributed by atoms with van der Waals surface area (Å²) >= 11 is 0. The summed E-state index contributed by atoms with van der Waals surface area (Å²) < 4.78 is 17.0. The van der Waals surface area contributed by atoms with Crippen LogP contribution in [0.3, 0.4) is 0 Å². The van der Waals surface area contributed by atoms with Gasteiger partial charge in [-0.3, -0.25) is 14.4 Å². The van der Waals surface area contributed by atoms with Crippen molar-refractivity contribution in [3.8, 4) is 0 Å². The van der Waals surface area contributed by atoms with Crippen molar-refractivity contribution in [2.45, 2.75) is 361 Å². The number of esters is 3. The maximum absolute atomic E-state index is 12.9. The van der Waals surface area contributed by atoms with E-state index in [2.05, 4.69) is 118 Å². The van der Waals surface area contributed by atoms with Crippen LogP contribution in [0.4, 0.5) is 0 Å². The highest BCUT2D eigenvalue weighted by Crippen LogP contribution is 2.17. The van der Waals surface area contributed by atoms with Gasteiger partial charge < -0.3 is 14.2 Å². The van der Waals surface area contributed by atoms with E-state index in [0.29, 0.717) is 19.3 Å². The summed E-state index contributed by atoms with van der Waals surface area (Å²) in [5, 5.41) is 0. The molecular formula is C77H134O6. The van der Waals surface area contributed by atoms with Crippen LogP contribution in [-0.4, -0.2) is 37.2 Å². The average molecular weight is 1160 g/mol. The van der Waals surface area contributed by atoms with Crippen molar-refractivity contribution in [2.75, 3.05) is 13.2 Å². The van der Waals surface area contributed by atoms with E-state index in [1.54, 1.807) is 0 Å². The van der Waals surface area contributed by atoms with Crippen LogP contribution in [-0.2, 0) is 28.6 Å². The number of rotatable bonds is 65. The predicted molar refractivity (Wildman–Crippen MR) is 362 cm³/mol. The van der Waals surface area contributed by atoms with Gasteiger partial charge in [-0.15, -0.1) is 0 Å². The molecule has 0 radical (unpaired) electrons. The van der Waals surface area contributed by atoms with E-state index < -0.39 is 6.10 Å². The lowest BCUT2D eigenvalue weighted by atomic mass is 10.0. The molecule has 0 heterocycles. The van der Waals surface area contributed by atoms with Gasteiger partial charge in [-0.2, -0.15) is 0 Å². The number of hydrogen-bond donors (Lipinski definition) is 0. The molecule has 0 aromatic rings. The second-order valence-electron chi connectivity index (χ2n) is 23.8. The Morgan fingerprint density at radius 3 is 0.759 bits per heavy atom. The van der Waals surface area contributed by atoms with Crippen LogP contribution in [0.1, 0.15) is 355 Å². The van der Waals surface area contributed by atoms with Gasteiger partial charge in [0.25, 0.3) is 0 Å². The molecule has 0 bridgehead atoms. The molecule has 0 saturated heterocycles. The molecule has 1 unspecified atom stereocenters. The van der Waals surface area contributed by atoms with E-state index in [9.17, 15) is 14.4 Å². The zero-order chi connectivity index (χ0) is 59.9. The van der Waals surface area contributed by atoms with Crippen LogP contribution < -0.4 is 0 Å². The normalized spacial score (nSPS) is 12.7. The van der Waals surface area contributed by atoms with Crippen LogP contribution in [0.5, 0.6) is 0 Å². The van der Waals surface area contributed by atoms with E-state index in [1.807, 2.05) is 0 Å². The quantitative estimate of drug-likeness (QED) is 0.0261. The first-order chi connectivity index (χ1) is 41.0. The molecule has 0 aromatic heterocycles. The average Bonchev–Trinajstić information content (AvgIpc) is 3.49. The lowest BCUT2D eigenvalue weighted by Gasteiger charge is -2.18. The summed E-state index contributed by atoms with van der Waals surface area (Å²) in [4.78, 5) is 38.4. The molecule has 0 amide bonds. The van der Waals surface area contributed by atoms with E-state index in [1.165, 1.54) is 199 Å². The van der Waals surface area contributed by atoms with Gasteiger partial charge >= 0.3 is 17.9 Å². The summed E-state index contributed by atoms with van der Waals surface area (Å²) in [6.07, 6.45) is 95.9. The number of carbonyl (C=O) groups excluding carboxylic acids is 3. The molecular weight excluding hydrogens is 1020 g/mol. The third-order valence-corrected chi connectivity index (χ3v) is 15.5. The highest BCUT2D eigenvalue weighted by molar-refractivity contribution is 5.71. The fourth-order valence-corrected chi connectivity index (χ4v) is 10.2. The minimum Gasteiger partial charge on any atom is -0.462 e. The van der Waals surface area contributed by atoms with Crippen LogP contribution in [0.25, 0.3) is 0 Å². The fraction of sp³-hybridized carbons (Fsp3) is 0.753. The first-order valence-corrected chi connectivity index (χ1v) is 35.7. The predicted octanol–water partition coefficient (Wildman–Crippen LogP) is 24.8. The van der Waals surface area contributed by atoms with Gasteiger partial charge in [-0.25, -0.2) is 0 Å². The van der Waals surface area contributed by atoms with E-state index in [-0.39, 0.29) is 31.1 Å². The zero-order valence-corrected chi connectivity index (χ0v) is 54.9. The van der Waals surface area contributed by atoms with E-state index in [0.717, 1.165) is 116 Å². The molecule has 83 heavy (non-hydrogen) atoms. The maximum atomic E-state index is 12.9. The van der Waals surface area contributed by atoms with Crippen molar-refractivity contribution in [3.63, 3.8) is 0 Å². The fourth-order valence-electron chi connectivity index (χ4n) is 10.2. The van der Waals surface area contributed by atoms with Crippen LogP contribution in [0, 0.1) is 0 Å². The smallest absolute Gasteiger partial charge is 0.306 e. The van der Waals surface area contributed by atoms with Gasteiger partial charge in [-0.1, -0.05) is 311 Å². The minimum absolute atomic E-state index is 0.0835. The minimum atomic E-state index is -0.789. The van der Waals surface area contributed by atoms with Gasteiger partial charge in [0, 0.05) is 19.3 Å². The molecule has 0 fully saturated rings. The second-order valence-corrected chi connectivity index (χ2v) is 23.8. The number of allylic oxidation sites excluding steroid dienone is 16. The molecule has 0 rings (SSSR count). The van der Waals surface area contributed by atoms with Gasteiger partial charge in [0.1, 0.15) is 13.2 Å². The molecule has 0 aliphatic rings. The lowest BCUT2D eigenvalue weighted by molar-refractivity contribution is -0.167. The molecule has 6 heteroatoms. The molecule has 478 valence electrons. The molecule has 1 atom stereocenters. The Kier molecular flexibility index (Phi) is 67.7. The first-order valence-electron chi connectivity index (χ1n) is 35.7. The van der Waals surface area contributed by atoms with Gasteiger partial charge in [0.15, 0.2) is 6.10 Å². The van der Waals surface area contributed by atoms with Crippen molar-refractivity contribution < 1.29 is 28.6 Å². The molecule has 0 N–H and O–H groups in total. The van der Waals surface area contributed by atoms with Crippen molar-refractivity contribution in [1.82, 2.24) is 0 Å². The van der Waals surface area contributed by atoms with Crippen molar-refractivity contribution >= 4 is 17.9 Å². The molecule has 0 saturated carbocycles. The van der Waals surface area contributed by atoms with Crippen molar-refractivity contribution in [1.29, 1.82) is 0 Å². The first kappa shape index (κ1) is 79.3. The van der Waals surface area contributed by atoms with E-state index in [4.69, 9.17) is 14.2 Å². The molecule has 0 spiro atoms. The van der Waals surface area contributed by atoms with Gasteiger partial charge in [0.2, 0.25) is 0 Å². The summed E-state index contributed by atoms with van der Waals surface area (Å²) in [5.41, 5.74) is 0. The van der Waals surface area contributed by atoms with Crippen LogP contribution >= 0.6 is 0 Å². The third-order valence-electron chi connectivity index (χ3n) is 15.5. The Hall–Kier alpha value is -3.67. The monoisotopic (exact) mass is 1160 g/mol. The Morgan fingerprint density at radius 1 is 0.253 bits per heavy atom. The summed E-state index contributed by atoms with van der Waals surface area (Å²) in [7, 11) is 0. The SMILES string of the molecule is CC/C=C\C/C=C\C/C=C\C/C=C\CCCCCCCCC(=O)OC(COC(=O)CCCCCCC/C=C\CCCCCC)COC(=O)CCCCCCCCCCCCCCCCCCCC/C=C\C/C=C\C/C=C\CCCCCCC. The Bertz CT molecular complexity index is 1610. The largest absolute Gasteiger partial charge is 0.462 e. The standard InChI is InChI=1S/C77H134O6/c1-4-7-10-13-16-19-22-25-27-29-31-32-33-34-35-36-37-38-39-40-41-42-43-44-46-47-49-52-55-58-61-64-67-70-76(79)82-73-74(72-81-75(78)69-66-63-60-57-54-51-24-21-18-15-12-9-6-3)83-77(80)71-68-65-62-59-56-53-50-48-45-30-28-26-23-20-17-14-11-8-5-2/h8,11,17,20-22,24-26,28-29,31,33-34,45,48,74H,4-7,9-10,12-16,18-19,23,27,30,32,35-44,46-47,49-73H2,1-3H3/b11-8-,20-17-,24-21-,25-22-,28-26-,31-29-,34-33-,48-45-. The van der Waals surface area contributed by atoms with Crippen LogP contribution in [0.2, 0.25) is 0 Å². The topological polar surface area (TPSA) is 78.9 Å². The number of ether oxygens (including phenoxy) is 3. The highest BCUT2D eigenvalue weighted by Gasteiger charge is 2.19. The molecule has 6 nitrogen and oxygen atoms in total. The molecule has 0 aliphatic carbocycles. The number of hydrogen-bond acceptors (Lipinski definition) is 6. The second kappa shape index (κ2) is 70.8. The number of carbonyl (C=O) groups is 3. The Morgan fingerprint density at radius 2 is 0.470 bits per heavy atom. The third kappa shape index (κ3) is 69.0. The van der Waals surface area contributed by atoms with Crippen LogP contribution in [0.15, 0.2) is 97.2 Å². The lowest BCUT2D eigenvalue weighted by Crippen LogP contribution is -2.30. The van der Waals surface area contributed by atoms with E-state index >= 15 is 0 Å². The highest BCUT2D eigenvalue weighted by atomic mass is 16.6. The number of unbranched alkanes of at least 4 members (excludes halogenated alkanes) is 38.